The second-order valence-corrected chi connectivity index (χ2v) is 5.62. The maximum absolute atomic E-state index is 12.1. The summed E-state index contributed by atoms with van der Waals surface area (Å²) in [6.07, 6.45) is 0. The van der Waals surface area contributed by atoms with E-state index in [1.807, 2.05) is 39.1 Å². The molecule has 4 heteroatoms. The van der Waals surface area contributed by atoms with E-state index < -0.39 is 0 Å². The van der Waals surface area contributed by atoms with Gasteiger partial charge in [-0.1, -0.05) is 23.7 Å². The van der Waals surface area contributed by atoms with Gasteiger partial charge in [-0.2, -0.15) is 0 Å². The van der Waals surface area contributed by atoms with Crippen molar-refractivity contribution in [3.05, 3.63) is 34.3 Å². The number of halogens is 1. The van der Waals surface area contributed by atoms with Crippen molar-refractivity contribution in [3.63, 3.8) is 0 Å². The average Bonchev–Trinajstić information content (AvgIpc) is 2.71. The smallest absolute Gasteiger partial charge is 0.310 e. The summed E-state index contributed by atoms with van der Waals surface area (Å²) in [5, 5.41) is 0.745. The topological polar surface area (TPSA) is 29.5 Å². The standard InChI is InChI=1S/C15H20ClNO2/c1-4-19-15(18)13-9-17(3)8-12(13)11-6-5-10(2)7-14(11)16/h5-7,12-13H,4,8-9H2,1-3H3. The summed E-state index contributed by atoms with van der Waals surface area (Å²) < 4.78 is 5.18. The van der Waals surface area contributed by atoms with Crippen LogP contribution < -0.4 is 0 Å². The number of hydrogen-bond donors (Lipinski definition) is 0. The molecular formula is C15H20ClNO2. The summed E-state index contributed by atoms with van der Waals surface area (Å²) in [6, 6.07) is 6.03. The van der Waals surface area contributed by atoms with Crippen LogP contribution in [0.3, 0.4) is 0 Å². The SMILES string of the molecule is CCOC(=O)C1CN(C)CC1c1ccc(C)cc1Cl. The van der Waals surface area contributed by atoms with Crippen LogP contribution in [0, 0.1) is 12.8 Å². The molecule has 19 heavy (non-hydrogen) atoms. The number of carbonyl (C=O) groups is 1. The molecule has 2 rings (SSSR count). The van der Waals surface area contributed by atoms with Gasteiger partial charge in [0.2, 0.25) is 0 Å². The summed E-state index contributed by atoms with van der Waals surface area (Å²) in [5.74, 6) is -0.115. The first-order valence-corrected chi connectivity index (χ1v) is 7.02. The average molecular weight is 282 g/mol. The Morgan fingerprint density at radius 1 is 1.47 bits per heavy atom. The van der Waals surface area contributed by atoms with E-state index in [1.54, 1.807) is 0 Å². The van der Waals surface area contributed by atoms with E-state index >= 15 is 0 Å². The van der Waals surface area contributed by atoms with Crippen LogP contribution >= 0.6 is 11.6 Å². The third-order valence-electron chi connectivity index (χ3n) is 3.65. The number of aryl methyl sites for hydroxylation is 1. The minimum absolute atomic E-state index is 0.117. The van der Waals surface area contributed by atoms with Gasteiger partial charge in [-0.05, 0) is 38.1 Å². The third kappa shape index (κ3) is 3.10. The maximum atomic E-state index is 12.1. The molecule has 2 unspecified atom stereocenters. The van der Waals surface area contributed by atoms with Crippen LogP contribution in [0.5, 0.6) is 0 Å². The van der Waals surface area contributed by atoms with Gasteiger partial charge < -0.3 is 9.64 Å². The highest BCUT2D eigenvalue weighted by molar-refractivity contribution is 6.31. The van der Waals surface area contributed by atoms with Crippen molar-refractivity contribution in [2.24, 2.45) is 5.92 Å². The zero-order valence-corrected chi connectivity index (χ0v) is 12.4. The molecule has 0 radical (unpaired) electrons. The largest absolute Gasteiger partial charge is 0.466 e. The fourth-order valence-corrected chi connectivity index (χ4v) is 3.11. The lowest BCUT2D eigenvalue weighted by molar-refractivity contribution is -0.147. The number of ether oxygens (including phenoxy) is 1. The van der Waals surface area contributed by atoms with Crippen LogP contribution in [0.25, 0.3) is 0 Å². The summed E-state index contributed by atoms with van der Waals surface area (Å²) in [6.45, 7) is 5.84. The van der Waals surface area contributed by atoms with Crippen molar-refractivity contribution in [2.75, 3.05) is 26.7 Å². The molecule has 1 aliphatic rings. The van der Waals surface area contributed by atoms with Crippen molar-refractivity contribution < 1.29 is 9.53 Å². The van der Waals surface area contributed by atoms with Crippen molar-refractivity contribution >= 4 is 17.6 Å². The summed E-state index contributed by atoms with van der Waals surface area (Å²) in [4.78, 5) is 14.2. The quantitative estimate of drug-likeness (QED) is 0.798. The Labute approximate surface area is 119 Å². The number of likely N-dealkylation sites (N-methyl/N-ethyl adjacent to an activating group) is 1. The van der Waals surface area contributed by atoms with Crippen LogP contribution in [-0.2, 0) is 9.53 Å². The summed E-state index contributed by atoms with van der Waals surface area (Å²) >= 11 is 6.33. The van der Waals surface area contributed by atoms with Gasteiger partial charge in [0.25, 0.3) is 0 Å². The lowest BCUT2D eigenvalue weighted by Gasteiger charge is -2.18. The lowest BCUT2D eigenvalue weighted by atomic mass is 9.88. The van der Waals surface area contributed by atoms with E-state index in [0.29, 0.717) is 6.61 Å². The Morgan fingerprint density at radius 2 is 2.21 bits per heavy atom. The van der Waals surface area contributed by atoms with E-state index in [4.69, 9.17) is 16.3 Å². The number of benzene rings is 1. The van der Waals surface area contributed by atoms with E-state index in [1.165, 1.54) is 0 Å². The molecule has 0 spiro atoms. The van der Waals surface area contributed by atoms with Gasteiger partial charge in [0, 0.05) is 24.0 Å². The molecule has 0 amide bonds. The second kappa shape index (κ2) is 5.93. The van der Waals surface area contributed by atoms with Crippen LogP contribution in [0.2, 0.25) is 5.02 Å². The van der Waals surface area contributed by atoms with E-state index in [2.05, 4.69) is 4.90 Å². The first kappa shape index (κ1) is 14.4. The van der Waals surface area contributed by atoms with E-state index in [-0.39, 0.29) is 17.8 Å². The van der Waals surface area contributed by atoms with Crippen molar-refractivity contribution in [2.45, 2.75) is 19.8 Å². The van der Waals surface area contributed by atoms with Crippen molar-refractivity contribution in [1.29, 1.82) is 0 Å². The normalized spacial score (nSPS) is 23.6. The molecule has 0 aromatic heterocycles. The molecule has 3 nitrogen and oxygen atoms in total. The molecule has 2 atom stereocenters. The summed E-state index contributed by atoms with van der Waals surface area (Å²) in [5.41, 5.74) is 2.18. The number of rotatable bonds is 3. The van der Waals surface area contributed by atoms with Gasteiger partial charge in [-0.15, -0.1) is 0 Å². The van der Waals surface area contributed by atoms with Crippen LogP contribution in [0.4, 0.5) is 0 Å². The van der Waals surface area contributed by atoms with Gasteiger partial charge in [-0.25, -0.2) is 0 Å². The number of carbonyl (C=O) groups excluding carboxylic acids is 1. The summed E-state index contributed by atoms with van der Waals surface area (Å²) in [7, 11) is 2.02. The molecule has 0 N–H and O–H groups in total. The number of esters is 1. The van der Waals surface area contributed by atoms with Crippen LogP contribution in [0.1, 0.15) is 24.0 Å². The maximum Gasteiger partial charge on any atom is 0.310 e. The van der Waals surface area contributed by atoms with Gasteiger partial charge in [-0.3, -0.25) is 4.79 Å². The molecule has 0 bridgehead atoms. The van der Waals surface area contributed by atoms with E-state index in [0.717, 1.165) is 29.2 Å². The second-order valence-electron chi connectivity index (χ2n) is 5.21. The first-order chi connectivity index (χ1) is 9.02. The van der Waals surface area contributed by atoms with Gasteiger partial charge in [0.1, 0.15) is 0 Å². The number of hydrogen-bond acceptors (Lipinski definition) is 3. The predicted octanol–water partition coefficient (Wildman–Crippen LogP) is 2.86. The molecule has 1 aliphatic heterocycles. The monoisotopic (exact) mass is 281 g/mol. The fraction of sp³-hybridized carbons (Fsp3) is 0.533. The minimum atomic E-state index is -0.120. The zero-order valence-electron chi connectivity index (χ0n) is 11.6. The molecule has 1 saturated heterocycles. The fourth-order valence-electron chi connectivity index (χ4n) is 2.74. The predicted molar refractivity (Wildman–Crippen MR) is 76.6 cm³/mol. The number of nitrogens with zero attached hydrogens (tertiary/aromatic N) is 1. The van der Waals surface area contributed by atoms with Gasteiger partial charge in [0.15, 0.2) is 0 Å². The molecular weight excluding hydrogens is 262 g/mol. The molecule has 0 saturated carbocycles. The Balaban J connectivity index is 2.27. The Bertz CT molecular complexity index is 475. The minimum Gasteiger partial charge on any atom is -0.466 e. The molecule has 104 valence electrons. The molecule has 1 fully saturated rings. The first-order valence-electron chi connectivity index (χ1n) is 6.64. The van der Waals surface area contributed by atoms with Crippen LogP contribution in [0.15, 0.2) is 18.2 Å². The van der Waals surface area contributed by atoms with Crippen LogP contribution in [-0.4, -0.2) is 37.6 Å². The highest BCUT2D eigenvalue weighted by atomic mass is 35.5. The number of likely N-dealkylation sites (tertiary alicyclic amines) is 1. The van der Waals surface area contributed by atoms with Gasteiger partial charge >= 0.3 is 5.97 Å². The van der Waals surface area contributed by atoms with Crippen molar-refractivity contribution in [1.82, 2.24) is 4.90 Å². The van der Waals surface area contributed by atoms with Crippen molar-refractivity contribution in [3.8, 4) is 0 Å². The molecule has 0 aliphatic carbocycles. The molecule has 1 heterocycles. The zero-order chi connectivity index (χ0) is 14.0. The van der Waals surface area contributed by atoms with E-state index in [9.17, 15) is 4.79 Å². The Hall–Kier alpha value is -1.06. The highest BCUT2D eigenvalue weighted by Crippen LogP contribution is 2.36. The van der Waals surface area contributed by atoms with Gasteiger partial charge in [0.05, 0.1) is 12.5 Å². The Kier molecular flexibility index (Phi) is 4.48. The lowest BCUT2D eigenvalue weighted by Crippen LogP contribution is -2.24. The Morgan fingerprint density at radius 3 is 2.84 bits per heavy atom. The molecule has 1 aromatic carbocycles. The highest BCUT2D eigenvalue weighted by Gasteiger charge is 2.38. The third-order valence-corrected chi connectivity index (χ3v) is 3.97. The molecule has 1 aromatic rings.